The number of amides is 1. The predicted octanol–water partition coefficient (Wildman–Crippen LogP) is 2.04. The van der Waals surface area contributed by atoms with Gasteiger partial charge in [0, 0.05) is 19.6 Å². The van der Waals surface area contributed by atoms with Crippen LogP contribution in [-0.2, 0) is 6.54 Å². The molecule has 3 rings (SSSR count). The third kappa shape index (κ3) is 3.43. The third-order valence-corrected chi connectivity index (χ3v) is 4.46. The number of anilines is 1. The van der Waals surface area contributed by atoms with Crippen LogP contribution >= 0.6 is 0 Å². The number of benzene rings is 1. The maximum atomic E-state index is 12.6. The molecule has 2 heterocycles. The fourth-order valence-electron chi connectivity index (χ4n) is 3.01. The second-order valence-electron chi connectivity index (χ2n) is 6.51. The van der Waals surface area contributed by atoms with E-state index < -0.39 is 0 Å². The predicted molar refractivity (Wildman–Crippen MR) is 95.3 cm³/mol. The minimum absolute atomic E-state index is 0.0791. The van der Waals surface area contributed by atoms with Crippen LogP contribution in [0.3, 0.4) is 0 Å². The molecule has 1 aliphatic rings. The molecule has 0 fully saturated rings. The molecule has 1 unspecified atom stereocenters. The van der Waals surface area contributed by atoms with E-state index in [1.54, 1.807) is 6.20 Å². The highest BCUT2D eigenvalue weighted by Crippen LogP contribution is 2.21. The highest BCUT2D eigenvalue weighted by Gasteiger charge is 2.21. The zero-order valence-electron chi connectivity index (χ0n) is 14.5. The number of rotatable bonds is 5. The summed E-state index contributed by atoms with van der Waals surface area (Å²) in [5, 5.41) is 10.6. The van der Waals surface area contributed by atoms with Gasteiger partial charge in [0.15, 0.2) is 0 Å². The molecule has 1 aliphatic heterocycles. The van der Waals surface area contributed by atoms with Crippen LogP contribution in [0.1, 0.15) is 33.9 Å². The maximum Gasteiger partial charge on any atom is 0.256 e. The van der Waals surface area contributed by atoms with E-state index in [1.165, 1.54) is 11.1 Å². The monoisotopic (exact) mass is 327 g/mol. The summed E-state index contributed by atoms with van der Waals surface area (Å²) in [5.41, 5.74) is 3.05. The van der Waals surface area contributed by atoms with Gasteiger partial charge in [-0.25, -0.2) is 4.68 Å². The standard InChI is InChI=1S/C18H25N5O/c1-13-5-7-14(8-6-13)16(22(2)3)12-20-18(24)15-11-21-23-10-4-9-19-17(15)23/h5-8,11,16,19H,4,9-10,12H2,1-3H3,(H,20,24). The van der Waals surface area contributed by atoms with Crippen molar-refractivity contribution in [2.75, 3.05) is 32.5 Å². The average molecular weight is 327 g/mol. The SMILES string of the molecule is Cc1ccc(C(CNC(=O)c2cnn3c2NCCC3)N(C)C)cc1. The molecule has 0 radical (unpaired) electrons. The Morgan fingerprint density at radius 2 is 2.12 bits per heavy atom. The molecule has 1 amide bonds. The van der Waals surface area contributed by atoms with Gasteiger partial charge in [-0.05, 0) is 33.0 Å². The fourth-order valence-corrected chi connectivity index (χ4v) is 3.01. The van der Waals surface area contributed by atoms with Crippen LogP contribution in [0.25, 0.3) is 0 Å². The summed E-state index contributed by atoms with van der Waals surface area (Å²) in [6.45, 7) is 4.38. The zero-order chi connectivity index (χ0) is 17.1. The molecule has 0 saturated carbocycles. The van der Waals surface area contributed by atoms with Crippen LogP contribution in [-0.4, -0.2) is 47.8 Å². The number of fused-ring (bicyclic) bond motifs is 1. The van der Waals surface area contributed by atoms with E-state index in [2.05, 4.69) is 51.8 Å². The Bertz CT molecular complexity index is 705. The summed E-state index contributed by atoms with van der Waals surface area (Å²) >= 11 is 0. The Hall–Kier alpha value is -2.34. The second kappa shape index (κ2) is 7.05. The summed E-state index contributed by atoms with van der Waals surface area (Å²) in [6.07, 6.45) is 2.69. The summed E-state index contributed by atoms with van der Waals surface area (Å²) < 4.78 is 1.86. The molecule has 0 bridgehead atoms. The van der Waals surface area contributed by atoms with E-state index in [0.29, 0.717) is 12.1 Å². The van der Waals surface area contributed by atoms with Crippen molar-refractivity contribution in [3.05, 3.63) is 47.2 Å². The van der Waals surface area contributed by atoms with Gasteiger partial charge in [0.2, 0.25) is 0 Å². The highest BCUT2D eigenvalue weighted by atomic mass is 16.1. The van der Waals surface area contributed by atoms with Crippen molar-refractivity contribution in [3.63, 3.8) is 0 Å². The lowest BCUT2D eigenvalue weighted by Gasteiger charge is -2.25. The molecule has 6 nitrogen and oxygen atoms in total. The van der Waals surface area contributed by atoms with E-state index in [0.717, 1.165) is 25.3 Å². The second-order valence-corrected chi connectivity index (χ2v) is 6.51. The number of nitrogens with zero attached hydrogens (tertiary/aromatic N) is 3. The van der Waals surface area contributed by atoms with Crippen molar-refractivity contribution in [3.8, 4) is 0 Å². The summed E-state index contributed by atoms with van der Waals surface area (Å²) in [7, 11) is 4.06. The van der Waals surface area contributed by atoms with Gasteiger partial charge in [-0.15, -0.1) is 0 Å². The quantitative estimate of drug-likeness (QED) is 0.882. The van der Waals surface area contributed by atoms with Crippen molar-refractivity contribution in [1.29, 1.82) is 0 Å². The molecular weight excluding hydrogens is 302 g/mol. The van der Waals surface area contributed by atoms with E-state index >= 15 is 0 Å². The van der Waals surface area contributed by atoms with Crippen LogP contribution in [0, 0.1) is 6.92 Å². The Morgan fingerprint density at radius 3 is 2.83 bits per heavy atom. The molecular formula is C18H25N5O. The maximum absolute atomic E-state index is 12.6. The van der Waals surface area contributed by atoms with Crippen LogP contribution in [0.4, 0.5) is 5.82 Å². The first-order valence-corrected chi connectivity index (χ1v) is 8.37. The number of carbonyl (C=O) groups is 1. The molecule has 1 aromatic heterocycles. The van der Waals surface area contributed by atoms with Gasteiger partial charge in [-0.3, -0.25) is 4.79 Å². The van der Waals surface area contributed by atoms with E-state index in [9.17, 15) is 4.79 Å². The van der Waals surface area contributed by atoms with E-state index in [1.807, 2.05) is 18.8 Å². The molecule has 128 valence electrons. The van der Waals surface area contributed by atoms with Gasteiger partial charge in [0.25, 0.3) is 5.91 Å². The number of aromatic nitrogens is 2. The topological polar surface area (TPSA) is 62.2 Å². The van der Waals surface area contributed by atoms with Crippen molar-refractivity contribution >= 4 is 11.7 Å². The molecule has 2 aromatic rings. The van der Waals surface area contributed by atoms with Gasteiger partial charge in [0.05, 0.1) is 12.2 Å². The number of hydrogen-bond acceptors (Lipinski definition) is 4. The lowest BCUT2D eigenvalue weighted by molar-refractivity contribution is 0.0942. The van der Waals surface area contributed by atoms with Gasteiger partial charge in [0.1, 0.15) is 11.4 Å². The van der Waals surface area contributed by atoms with Gasteiger partial charge < -0.3 is 15.5 Å². The van der Waals surface area contributed by atoms with Crippen molar-refractivity contribution in [1.82, 2.24) is 20.0 Å². The smallest absolute Gasteiger partial charge is 0.256 e. The minimum Gasteiger partial charge on any atom is -0.370 e. The number of aryl methyl sites for hydroxylation is 2. The van der Waals surface area contributed by atoms with Crippen LogP contribution in [0.2, 0.25) is 0 Å². The largest absolute Gasteiger partial charge is 0.370 e. The minimum atomic E-state index is -0.0791. The van der Waals surface area contributed by atoms with Crippen molar-refractivity contribution in [2.24, 2.45) is 0 Å². The van der Waals surface area contributed by atoms with Gasteiger partial charge in [-0.2, -0.15) is 5.10 Å². The molecule has 6 heteroatoms. The normalized spacial score (nSPS) is 14.8. The van der Waals surface area contributed by atoms with E-state index in [-0.39, 0.29) is 11.9 Å². The first kappa shape index (κ1) is 16.5. The summed E-state index contributed by atoms with van der Waals surface area (Å²) in [5.74, 6) is 0.750. The van der Waals surface area contributed by atoms with Crippen LogP contribution in [0.15, 0.2) is 30.5 Å². The fraction of sp³-hybridized carbons (Fsp3) is 0.444. The Morgan fingerprint density at radius 1 is 1.38 bits per heavy atom. The zero-order valence-corrected chi connectivity index (χ0v) is 14.5. The first-order chi connectivity index (χ1) is 11.6. The average Bonchev–Trinajstić information content (AvgIpc) is 3.00. The lowest BCUT2D eigenvalue weighted by atomic mass is 10.0. The van der Waals surface area contributed by atoms with Gasteiger partial charge >= 0.3 is 0 Å². The van der Waals surface area contributed by atoms with Crippen LogP contribution in [0.5, 0.6) is 0 Å². The number of hydrogen-bond donors (Lipinski definition) is 2. The number of likely N-dealkylation sites (N-methyl/N-ethyl adjacent to an activating group) is 1. The molecule has 0 aliphatic carbocycles. The summed E-state index contributed by atoms with van der Waals surface area (Å²) in [6, 6.07) is 8.58. The molecule has 0 saturated heterocycles. The highest BCUT2D eigenvalue weighted by molar-refractivity contribution is 5.98. The van der Waals surface area contributed by atoms with Crippen LogP contribution < -0.4 is 10.6 Å². The van der Waals surface area contributed by atoms with E-state index in [4.69, 9.17) is 0 Å². The third-order valence-electron chi connectivity index (χ3n) is 4.46. The molecule has 1 atom stereocenters. The number of nitrogens with one attached hydrogen (secondary N) is 2. The van der Waals surface area contributed by atoms with Crippen molar-refractivity contribution < 1.29 is 4.79 Å². The number of carbonyl (C=O) groups excluding carboxylic acids is 1. The molecule has 2 N–H and O–H groups in total. The molecule has 0 spiro atoms. The first-order valence-electron chi connectivity index (χ1n) is 8.37. The molecule has 1 aromatic carbocycles. The Balaban J connectivity index is 1.69. The summed E-state index contributed by atoms with van der Waals surface area (Å²) in [4.78, 5) is 14.7. The van der Waals surface area contributed by atoms with Crippen molar-refractivity contribution in [2.45, 2.75) is 25.9 Å². The molecule has 24 heavy (non-hydrogen) atoms. The Kier molecular flexibility index (Phi) is 4.85. The lowest BCUT2D eigenvalue weighted by Crippen LogP contribution is -2.35. The van der Waals surface area contributed by atoms with Gasteiger partial charge in [-0.1, -0.05) is 29.8 Å². The Labute approximate surface area is 142 Å².